The smallest absolute Gasteiger partial charge is 0.139 e. The molecule has 11 rings (SSSR count). The average Bonchev–Trinajstić information content (AvgIpc) is 3.77. The van der Waals surface area contributed by atoms with E-state index in [9.17, 15) is 0 Å². The molecule has 2 unspecified atom stereocenters. The van der Waals surface area contributed by atoms with Gasteiger partial charge in [-0.15, -0.1) is 0 Å². The molecule has 9 aromatic rings. The van der Waals surface area contributed by atoms with Crippen LogP contribution in [0.15, 0.2) is 199 Å². The molecule has 2 atom stereocenters. The van der Waals surface area contributed by atoms with Crippen LogP contribution in [0.4, 0.5) is 17.1 Å². The maximum atomic E-state index is 6.88. The fourth-order valence-corrected chi connectivity index (χ4v) is 10.0. The normalized spacial score (nSPS) is 16.0. The van der Waals surface area contributed by atoms with Gasteiger partial charge in [-0.1, -0.05) is 166 Å². The number of fused-ring (bicyclic) bond motifs is 8. The summed E-state index contributed by atoms with van der Waals surface area (Å²) in [6.07, 6.45) is 0. The van der Waals surface area contributed by atoms with Gasteiger partial charge in [0.15, 0.2) is 0 Å². The van der Waals surface area contributed by atoms with Gasteiger partial charge in [0.05, 0.1) is 0 Å². The van der Waals surface area contributed by atoms with Crippen LogP contribution in [0.2, 0.25) is 0 Å². The third-order valence-electron chi connectivity index (χ3n) is 12.8. The minimum atomic E-state index is -0.141. The van der Waals surface area contributed by atoms with Crippen molar-refractivity contribution in [1.82, 2.24) is 0 Å². The van der Waals surface area contributed by atoms with Crippen molar-refractivity contribution in [1.29, 1.82) is 0 Å². The number of benzene rings is 8. The van der Waals surface area contributed by atoms with Crippen LogP contribution in [-0.2, 0) is 5.41 Å². The van der Waals surface area contributed by atoms with Gasteiger partial charge in [0.2, 0.25) is 0 Å². The molecular formula is C56H43NO. The van der Waals surface area contributed by atoms with Gasteiger partial charge >= 0.3 is 0 Å². The SMILES string of the molecule is CC1c2c(oc3ccc(N(c4cc(-c5ccccc5)cc(-c5ccccc5)c4)c4ccc5c(c4)C(C)(C)c4ccccc4-5)cc23)-c2ccccc2C1c1ccccc1. The number of hydrogen-bond donors (Lipinski definition) is 0. The van der Waals surface area contributed by atoms with E-state index in [0.717, 1.165) is 33.8 Å². The molecule has 0 bridgehead atoms. The summed E-state index contributed by atoms with van der Waals surface area (Å²) in [6.45, 7) is 7.10. The van der Waals surface area contributed by atoms with E-state index in [1.54, 1.807) is 0 Å². The van der Waals surface area contributed by atoms with Crippen LogP contribution >= 0.6 is 0 Å². The summed E-state index contributed by atoms with van der Waals surface area (Å²) in [5.41, 5.74) is 19.3. The number of rotatable bonds is 6. The first-order valence-electron chi connectivity index (χ1n) is 20.5. The van der Waals surface area contributed by atoms with Gasteiger partial charge in [-0.25, -0.2) is 0 Å². The van der Waals surface area contributed by atoms with Crippen molar-refractivity contribution in [3.8, 4) is 44.7 Å². The first-order valence-corrected chi connectivity index (χ1v) is 20.5. The second-order valence-corrected chi connectivity index (χ2v) is 16.5. The second-order valence-electron chi connectivity index (χ2n) is 16.5. The predicted molar refractivity (Wildman–Crippen MR) is 241 cm³/mol. The molecule has 2 nitrogen and oxygen atoms in total. The Balaban J connectivity index is 1.15. The highest BCUT2D eigenvalue weighted by Crippen LogP contribution is 2.55. The summed E-state index contributed by atoms with van der Waals surface area (Å²) in [6, 6.07) is 71.1. The van der Waals surface area contributed by atoms with Gasteiger partial charge in [-0.3, -0.25) is 0 Å². The molecule has 58 heavy (non-hydrogen) atoms. The van der Waals surface area contributed by atoms with E-state index in [4.69, 9.17) is 4.42 Å². The zero-order valence-corrected chi connectivity index (χ0v) is 33.0. The molecule has 2 heteroatoms. The molecule has 0 amide bonds. The van der Waals surface area contributed by atoms with Crippen molar-refractivity contribution in [2.45, 2.75) is 38.0 Å². The summed E-state index contributed by atoms with van der Waals surface area (Å²) in [5.74, 6) is 1.40. The monoisotopic (exact) mass is 745 g/mol. The zero-order chi connectivity index (χ0) is 39.0. The van der Waals surface area contributed by atoms with E-state index < -0.39 is 0 Å². The molecular weight excluding hydrogens is 703 g/mol. The van der Waals surface area contributed by atoms with E-state index in [1.807, 2.05) is 0 Å². The third kappa shape index (κ3) is 5.40. The summed E-state index contributed by atoms with van der Waals surface area (Å²) in [5, 5.41) is 1.16. The number of nitrogens with zero attached hydrogens (tertiary/aromatic N) is 1. The van der Waals surface area contributed by atoms with Crippen LogP contribution in [0, 0.1) is 0 Å². The van der Waals surface area contributed by atoms with Crippen LogP contribution in [0.5, 0.6) is 0 Å². The molecule has 0 spiro atoms. The third-order valence-corrected chi connectivity index (χ3v) is 12.8. The van der Waals surface area contributed by atoms with Crippen LogP contribution < -0.4 is 4.90 Å². The lowest BCUT2D eigenvalue weighted by molar-refractivity contribution is 0.587. The number of hydrogen-bond acceptors (Lipinski definition) is 2. The van der Waals surface area contributed by atoms with Crippen molar-refractivity contribution >= 4 is 28.0 Å². The lowest BCUT2D eigenvalue weighted by Crippen LogP contribution is -2.17. The van der Waals surface area contributed by atoms with Crippen LogP contribution in [0.1, 0.15) is 60.4 Å². The molecule has 2 aliphatic carbocycles. The molecule has 278 valence electrons. The van der Waals surface area contributed by atoms with E-state index >= 15 is 0 Å². The fourth-order valence-electron chi connectivity index (χ4n) is 10.0. The Labute approximate surface area is 340 Å². The standard InChI is InChI=1S/C56H43NO/c1-36-53(39-21-11-6-12-22-39)47-24-13-14-25-48(47)55-54(36)49-34-42(28-30-52(49)58-55)57(43-27-29-46-45-23-15-16-26-50(45)56(2,3)51(46)35-43)44-32-40(37-17-7-4-8-18-37)31-41(33-44)38-19-9-5-10-20-38/h4-36,53H,1-3H3. The Morgan fingerprint density at radius 3 is 1.74 bits per heavy atom. The number of anilines is 3. The largest absolute Gasteiger partial charge is 0.456 e. The summed E-state index contributed by atoms with van der Waals surface area (Å²) in [7, 11) is 0. The lowest BCUT2D eigenvalue weighted by Gasteiger charge is -2.32. The highest BCUT2D eigenvalue weighted by molar-refractivity contribution is 5.96. The Bertz CT molecular complexity index is 2940. The van der Waals surface area contributed by atoms with Gasteiger partial charge < -0.3 is 9.32 Å². The molecule has 0 saturated heterocycles. The van der Waals surface area contributed by atoms with Gasteiger partial charge in [0.25, 0.3) is 0 Å². The molecule has 0 saturated carbocycles. The molecule has 1 heterocycles. The molecule has 1 aromatic heterocycles. The van der Waals surface area contributed by atoms with Crippen LogP contribution in [0.25, 0.3) is 55.7 Å². The predicted octanol–water partition coefficient (Wildman–Crippen LogP) is 15.5. The molecule has 0 radical (unpaired) electrons. The van der Waals surface area contributed by atoms with E-state index in [1.165, 1.54) is 66.8 Å². The topological polar surface area (TPSA) is 16.4 Å². The average molecular weight is 746 g/mol. The second kappa shape index (κ2) is 13.4. The molecule has 2 aliphatic rings. The van der Waals surface area contributed by atoms with Crippen molar-refractivity contribution in [2.75, 3.05) is 4.90 Å². The van der Waals surface area contributed by atoms with Gasteiger partial charge in [-0.2, -0.15) is 0 Å². The van der Waals surface area contributed by atoms with E-state index in [0.29, 0.717) is 0 Å². The first-order chi connectivity index (χ1) is 28.4. The van der Waals surface area contributed by atoms with Crippen molar-refractivity contribution in [3.05, 3.63) is 222 Å². The van der Waals surface area contributed by atoms with Crippen LogP contribution in [0.3, 0.4) is 0 Å². The van der Waals surface area contributed by atoms with Gasteiger partial charge in [-0.05, 0) is 110 Å². The Kier molecular flexibility index (Phi) is 7.91. The highest BCUT2D eigenvalue weighted by atomic mass is 16.3. The molecule has 0 N–H and O–H groups in total. The van der Waals surface area contributed by atoms with E-state index in [2.05, 4.69) is 220 Å². The summed E-state index contributed by atoms with van der Waals surface area (Å²) < 4.78 is 6.88. The van der Waals surface area contributed by atoms with E-state index in [-0.39, 0.29) is 17.3 Å². The quantitative estimate of drug-likeness (QED) is 0.169. The molecule has 8 aromatic carbocycles. The van der Waals surface area contributed by atoms with Crippen LogP contribution in [-0.4, -0.2) is 0 Å². The van der Waals surface area contributed by atoms with Crippen molar-refractivity contribution in [3.63, 3.8) is 0 Å². The molecule has 0 fully saturated rings. The maximum Gasteiger partial charge on any atom is 0.139 e. The summed E-state index contributed by atoms with van der Waals surface area (Å²) in [4.78, 5) is 2.47. The minimum absolute atomic E-state index is 0.141. The Morgan fingerprint density at radius 1 is 0.466 bits per heavy atom. The highest BCUT2D eigenvalue weighted by Gasteiger charge is 2.38. The minimum Gasteiger partial charge on any atom is -0.456 e. The van der Waals surface area contributed by atoms with Gasteiger partial charge in [0, 0.05) is 44.9 Å². The van der Waals surface area contributed by atoms with Crippen molar-refractivity contribution < 1.29 is 4.42 Å². The lowest BCUT2D eigenvalue weighted by atomic mass is 9.71. The Morgan fingerprint density at radius 2 is 1.03 bits per heavy atom. The number of furan rings is 1. The van der Waals surface area contributed by atoms with Crippen molar-refractivity contribution in [2.24, 2.45) is 0 Å². The fraction of sp³-hybridized carbons (Fsp3) is 0.107. The first kappa shape index (κ1) is 34.4. The van der Waals surface area contributed by atoms with Gasteiger partial charge in [0.1, 0.15) is 11.3 Å². The Hall–Kier alpha value is -6.90. The molecule has 0 aliphatic heterocycles. The zero-order valence-electron chi connectivity index (χ0n) is 33.0. The maximum absolute atomic E-state index is 6.88. The summed E-state index contributed by atoms with van der Waals surface area (Å²) >= 11 is 0.